The molecular formula is C12H18ClN3O. The van der Waals surface area contributed by atoms with Gasteiger partial charge in [-0.25, -0.2) is 9.97 Å². The standard InChI is InChI=1S/C12H18ClN3O/c1-17-10-11(13)15-8-16-12(10)14-7-9-5-3-2-4-6-9/h8-9H,2-7H2,1H3,(H,14,15,16). The van der Waals surface area contributed by atoms with Crippen LogP contribution in [0.2, 0.25) is 5.15 Å². The van der Waals surface area contributed by atoms with Crippen molar-refractivity contribution in [2.24, 2.45) is 5.92 Å². The maximum Gasteiger partial charge on any atom is 0.198 e. The van der Waals surface area contributed by atoms with Gasteiger partial charge in [0.1, 0.15) is 6.33 Å². The lowest BCUT2D eigenvalue weighted by Gasteiger charge is -2.22. The van der Waals surface area contributed by atoms with Gasteiger partial charge in [-0.1, -0.05) is 30.9 Å². The van der Waals surface area contributed by atoms with E-state index in [-0.39, 0.29) is 0 Å². The van der Waals surface area contributed by atoms with E-state index in [9.17, 15) is 0 Å². The van der Waals surface area contributed by atoms with Crippen LogP contribution in [0.3, 0.4) is 0 Å². The van der Waals surface area contributed by atoms with Crippen LogP contribution in [0, 0.1) is 5.92 Å². The van der Waals surface area contributed by atoms with Gasteiger partial charge in [0.05, 0.1) is 7.11 Å². The third kappa shape index (κ3) is 3.22. The van der Waals surface area contributed by atoms with Gasteiger partial charge in [0, 0.05) is 6.54 Å². The van der Waals surface area contributed by atoms with Gasteiger partial charge in [-0.3, -0.25) is 0 Å². The number of rotatable bonds is 4. The van der Waals surface area contributed by atoms with E-state index in [1.54, 1.807) is 7.11 Å². The molecule has 1 fully saturated rings. The molecule has 0 unspecified atom stereocenters. The molecule has 1 N–H and O–H groups in total. The Morgan fingerprint density at radius 1 is 1.35 bits per heavy atom. The Bertz CT molecular complexity index is 367. The van der Waals surface area contributed by atoms with Crippen LogP contribution >= 0.6 is 11.6 Å². The molecule has 0 aliphatic heterocycles. The topological polar surface area (TPSA) is 47.0 Å². The molecule has 0 spiro atoms. The molecule has 4 nitrogen and oxygen atoms in total. The number of hydrogen-bond donors (Lipinski definition) is 1. The van der Waals surface area contributed by atoms with E-state index in [0.717, 1.165) is 12.5 Å². The molecule has 1 aliphatic rings. The second kappa shape index (κ2) is 6.05. The molecular weight excluding hydrogens is 238 g/mol. The second-order valence-electron chi connectivity index (χ2n) is 4.43. The van der Waals surface area contributed by atoms with Crippen LogP contribution < -0.4 is 10.1 Å². The maximum atomic E-state index is 5.93. The first-order valence-corrected chi connectivity index (χ1v) is 6.47. The molecule has 0 amide bonds. The van der Waals surface area contributed by atoms with Crippen LogP contribution in [0.4, 0.5) is 5.82 Å². The fourth-order valence-corrected chi connectivity index (χ4v) is 2.50. The van der Waals surface area contributed by atoms with Gasteiger partial charge in [-0.2, -0.15) is 0 Å². The van der Waals surface area contributed by atoms with Crippen LogP contribution in [0.25, 0.3) is 0 Å². The molecule has 1 saturated carbocycles. The predicted octanol–water partition coefficient (Wildman–Crippen LogP) is 3.13. The predicted molar refractivity (Wildman–Crippen MR) is 68.7 cm³/mol. The zero-order valence-corrected chi connectivity index (χ0v) is 10.8. The minimum Gasteiger partial charge on any atom is -0.490 e. The first kappa shape index (κ1) is 12.4. The molecule has 0 atom stereocenters. The highest BCUT2D eigenvalue weighted by molar-refractivity contribution is 6.31. The zero-order valence-electron chi connectivity index (χ0n) is 10.1. The van der Waals surface area contributed by atoms with Crippen molar-refractivity contribution in [1.29, 1.82) is 0 Å². The molecule has 1 heterocycles. The highest BCUT2D eigenvalue weighted by Gasteiger charge is 2.15. The van der Waals surface area contributed by atoms with Gasteiger partial charge in [-0.05, 0) is 18.8 Å². The lowest BCUT2D eigenvalue weighted by Crippen LogP contribution is -2.18. The van der Waals surface area contributed by atoms with Gasteiger partial charge >= 0.3 is 0 Å². The molecule has 1 aliphatic carbocycles. The number of anilines is 1. The minimum atomic E-state index is 0.355. The van der Waals surface area contributed by atoms with Crippen molar-refractivity contribution >= 4 is 17.4 Å². The first-order valence-electron chi connectivity index (χ1n) is 6.09. The summed E-state index contributed by atoms with van der Waals surface area (Å²) in [6.07, 6.45) is 8.11. The highest BCUT2D eigenvalue weighted by Crippen LogP contribution is 2.29. The van der Waals surface area contributed by atoms with Crippen molar-refractivity contribution in [2.75, 3.05) is 19.0 Å². The summed E-state index contributed by atoms with van der Waals surface area (Å²) in [6, 6.07) is 0. The van der Waals surface area contributed by atoms with E-state index in [1.165, 1.54) is 38.4 Å². The molecule has 2 rings (SSSR count). The Balaban J connectivity index is 1.95. The van der Waals surface area contributed by atoms with Crippen molar-refractivity contribution in [2.45, 2.75) is 32.1 Å². The average molecular weight is 256 g/mol. The van der Waals surface area contributed by atoms with Crippen LogP contribution in [0.1, 0.15) is 32.1 Å². The van der Waals surface area contributed by atoms with Crippen molar-refractivity contribution < 1.29 is 4.74 Å². The highest BCUT2D eigenvalue weighted by atomic mass is 35.5. The first-order chi connectivity index (χ1) is 8.31. The molecule has 0 aromatic carbocycles. The Hall–Kier alpha value is -1.03. The van der Waals surface area contributed by atoms with Gasteiger partial charge < -0.3 is 10.1 Å². The molecule has 0 radical (unpaired) electrons. The molecule has 17 heavy (non-hydrogen) atoms. The monoisotopic (exact) mass is 255 g/mol. The summed E-state index contributed by atoms with van der Waals surface area (Å²) >= 11 is 5.93. The number of nitrogens with zero attached hydrogens (tertiary/aromatic N) is 2. The largest absolute Gasteiger partial charge is 0.490 e. The minimum absolute atomic E-state index is 0.355. The van der Waals surface area contributed by atoms with Crippen LogP contribution in [0.5, 0.6) is 5.75 Å². The van der Waals surface area contributed by atoms with Gasteiger partial charge in [-0.15, -0.1) is 0 Å². The van der Waals surface area contributed by atoms with Crippen molar-refractivity contribution in [1.82, 2.24) is 9.97 Å². The molecule has 0 saturated heterocycles. The lowest BCUT2D eigenvalue weighted by atomic mass is 9.89. The second-order valence-corrected chi connectivity index (χ2v) is 4.79. The molecule has 0 bridgehead atoms. The summed E-state index contributed by atoms with van der Waals surface area (Å²) in [5.74, 6) is 1.96. The fourth-order valence-electron chi connectivity index (χ4n) is 2.29. The smallest absolute Gasteiger partial charge is 0.198 e. The van der Waals surface area contributed by atoms with Crippen LogP contribution in [-0.4, -0.2) is 23.6 Å². The van der Waals surface area contributed by atoms with Gasteiger partial charge in [0.15, 0.2) is 16.7 Å². The summed E-state index contributed by atoms with van der Waals surface area (Å²) in [7, 11) is 1.58. The van der Waals surface area contributed by atoms with Crippen LogP contribution in [0.15, 0.2) is 6.33 Å². The van der Waals surface area contributed by atoms with E-state index in [2.05, 4.69) is 15.3 Å². The Morgan fingerprint density at radius 3 is 2.82 bits per heavy atom. The third-order valence-corrected chi connectivity index (χ3v) is 3.52. The van der Waals surface area contributed by atoms with Crippen molar-refractivity contribution in [3.05, 3.63) is 11.5 Å². The summed E-state index contributed by atoms with van der Waals surface area (Å²) in [4.78, 5) is 8.06. The number of methoxy groups -OCH3 is 1. The number of aromatic nitrogens is 2. The number of ether oxygens (including phenoxy) is 1. The summed E-state index contributed by atoms with van der Waals surface area (Å²) in [5, 5.41) is 3.67. The number of hydrogen-bond acceptors (Lipinski definition) is 4. The van der Waals surface area contributed by atoms with E-state index in [0.29, 0.717) is 16.7 Å². The summed E-state index contributed by atoms with van der Waals surface area (Å²) in [5.41, 5.74) is 0. The summed E-state index contributed by atoms with van der Waals surface area (Å²) < 4.78 is 5.20. The SMILES string of the molecule is COc1c(Cl)ncnc1NCC1CCCCC1. The van der Waals surface area contributed by atoms with E-state index < -0.39 is 0 Å². The van der Waals surface area contributed by atoms with Crippen molar-refractivity contribution in [3.63, 3.8) is 0 Å². The lowest BCUT2D eigenvalue weighted by molar-refractivity contribution is 0.371. The van der Waals surface area contributed by atoms with E-state index in [1.807, 2.05) is 0 Å². The number of halogens is 1. The van der Waals surface area contributed by atoms with E-state index >= 15 is 0 Å². The van der Waals surface area contributed by atoms with Crippen molar-refractivity contribution in [3.8, 4) is 5.75 Å². The molecule has 1 aromatic heterocycles. The molecule has 1 aromatic rings. The van der Waals surface area contributed by atoms with E-state index in [4.69, 9.17) is 16.3 Å². The Morgan fingerprint density at radius 2 is 2.12 bits per heavy atom. The normalized spacial score (nSPS) is 16.8. The molecule has 5 heteroatoms. The van der Waals surface area contributed by atoms with Gasteiger partial charge in [0.2, 0.25) is 0 Å². The average Bonchev–Trinajstić information content (AvgIpc) is 2.37. The van der Waals surface area contributed by atoms with Gasteiger partial charge in [0.25, 0.3) is 0 Å². The van der Waals surface area contributed by atoms with Crippen LogP contribution in [-0.2, 0) is 0 Å². The third-order valence-electron chi connectivity index (χ3n) is 3.25. The molecule has 94 valence electrons. The Labute approximate surface area is 107 Å². The fraction of sp³-hybridized carbons (Fsp3) is 0.667. The quantitative estimate of drug-likeness (QED) is 0.840. The number of nitrogens with one attached hydrogen (secondary N) is 1. The maximum absolute atomic E-state index is 5.93. The summed E-state index contributed by atoms with van der Waals surface area (Å²) in [6.45, 7) is 0.934. The Kier molecular flexibility index (Phi) is 4.42. The zero-order chi connectivity index (χ0) is 12.1.